The Morgan fingerprint density at radius 1 is 0.328 bits per heavy atom. The standard InChI is InChI=1S/C66H47N/c1-65(2)59-35-14-11-30-55(59)58-43-62(56-31-9-10-32-57(56)64(58)65)67(49-40-38-45(39-41-49)52-34-18-23-46-22-17-33-51(63(46)52)44-20-5-3-6-21-44)50-27-19-26-48(42-50)66(47-24-7-4-8-25-47)60-36-15-12-28-53(60)54-29-13-16-37-61(54)66/h3-43H,1-2H3. The molecule has 0 radical (unpaired) electrons. The van der Waals surface area contributed by atoms with Crippen LogP contribution in [-0.2, 0) is 10.8 Å². The zero-order valence-electron chi connectivity index (χ0n) is 37.6. The fourth-order valence-electron chi connectivity index (χ4n) is 12.1. The summed E-state index contributed by atoms with van der Waals surface area (Å²) in [5.74, 6) is 0. The normalized spacial score (nSPS) is 13.8. The molecule has 316 valence electrons. The van der Waals surface area contributed by atoms with Crippen LogP contribution >= 0.6 is 0 Å². The highest BCUT2D eigenvalue weighted by Gasteiger charge is 2.46. The molecule has 0 heterocycles. The zero-order chi connectivity index (χ0) is 44.7. The average Bonchev–Trinajstić information content (AvgIpc) is 3.82. The molecule has 1 nitrogen and oxygen atoms in total. The number of anilines is 3. The number of nitrogens with zero attached hydrogens (tertiary/aromatic N) is 1. The van der Waals surface area contributed by atoms with Gasteiger partial charge in [-0.2, -0.15) is 0 Å². The van der Waals surface area contributed by atoms with E-state index >= 15 is 0 Å². The quantitative estimate of drug-likeness (QED) is 0.154. The minimum Gasteiger partial charge on any atom is -0.310 e. The molecule has 2 aliphatic rings. The molecule has 0 atom stereocenters. The second-order valence-electron chi connectivity index (χ2n) is 18.7. The second kappa shape index (κ2) is 15.2. The van der Waals surface area contributed by atoms with Gasteiger partial charge in [-0.15, -0.1) is 0 Å². The van der Waals surface area contributed by atoms with E-state index < -0.39 is 5.41 Å². The molecule has 0 N–H and O–H groups in total. The maximum absolute atomic E-state index is 2.52. The van der Waals surface area contributed by atoms with Gasteiger partial charge in [-0.3, -0.25) is 0 Å². The minimum atomic E-state index is -0.534. The molecule has 0 fully saturated rings. The van der Waals surface area contributed by atoms with Crippen LogP contribution in [0.15, 0.2) is 249 Å². The van der Waals surface area contributed by atoms with Gasteiger partial charge in [0.05, 0.1) is 11.1 Å². The van der Waals surface area contributed by atoms with Crippen molar-refractivity contribution in [3.63, 3.8) is 0 Å². The van der Waals surface area contributed by atoms with E-state index in [0.29, 0.717) is 0 Å². The van der Waals surface area contributed by atoms with Gasteiger partial charge in [-0.05, 0) is 124 Å². The summed E-state index contributed by atoms with van der Waals surface area (Å²) in [5, 5.41) is 5.02. The van der Waals surface area contributed by atoms with Gasteiger partial charge in [0.2, 0.25) is 0 Å². The summed E-state index contributed by atoms with van der Waals surface area (Å²) in [7, 11) is 0. The van der Waals surface area contributed by atoms with Crippen molar-refractivity contribution < 1.29 is 0 Å². The third-order valence-electron chi connectivity index (χ3n) is 14.9. The van der Waals surface area contributed by atoms with Crippen molar-refractivity contribution in [2.75, 3.05) is 4.90 Å². The Labute approximate surface area is 392 Å². The van der Waals surface area contributed by atoms with E-state index in [1.807, 2.05) is 0 Å². The maximum atomic E-state index is 2.52. The molecule has 67 heavy (non-hydrogen) atoms. The Morgan fingerprint density at radius 3 is 1.48 bits per heavy atom. The van der Waals surface area contributed by atoms with Gasteiger partial charge < -0.3 is 4.90 Å². The summed E-state index contributed by atoms with van der Waals surface area (Å²) in [6.45, 7) is 4.78. The molecule has 0 aromatic heterocycles. The van der Waals surface area contributed by atoms with Crippen LogP contribution in [0.25, 0.3) is 66.1 Å². The molecule has 0 saturated carbocycles. The van der Waals surface area contributed by atoms with Crippen LogP contribution in [0.3, 0.4) is 0 Å². The lowest BCUT2D eigenvalue weighted by atomic mass is 9.67. The first-order chi connectivity index (χ1) is 33.0. The smallest absolute Gasteiger partial charge is 0.0714 e. The summed E-state index contributed by atoms with van der Waals surface area (Å²) >= 11 is 0. The first-order valence-electron chi connectivity index (χ1n) is 23.5. The Kier molecular flexibility index (Phi) is 8.85. The van der Waals surface area contributed by atoms with Crippen molar-refractivity contribution in [3.8, 4) is 44.5 Å². The first-order valence-corrected chi connectivity index (χ1v) is 23.5. The van der Waals surface area contributed by atoms with Crippen LogP contribution in [-0.4, -0.2) is 0 Å². The Hall–Kier alpha value is -8.26. The van der Waals surface area contributed by atoms with Crippen LogP contribution in [0.4, 0.5) is 17.1 Å². The van der Waals surface area contributed by atoms with Gasteiger partial charge in [0.1, 0.15) is 0 Å². The van der Waals surface area contributed by atoms with Crippen LogP contribution in [0.1, 0.15) is 47.2 Å². The lowest BCUT2D eigenvalue weighted by molar-refractivity contribution is 0.666. The van der Waals surface area contributed by atoms with E-state index in [0.717, 1.165) is 17.1 Å². The van der Waals surface area contributed by atoms with Crippen molar-refractivity contribution in [2.45, 2.75) is 24.7 Å². The van der Waals surface area contributed by atoms with E-state index in [1.54, 1.807) is 0 Å². The van der Waals surface area contributed by atoms with Gasteiger partial charge in [-0.1, -0.05) is 232 Å². The van der Waals surface area contributed by atoms with Gasteiger partial charge in [0.25, 0.3) is 0 Å². The van der Waals surface area contributed by atoms with Crippen molar-refractivity contribution in [1.29, 1.82) is 0 Å². The number of benzene rings is 11. The fourth-order valence-corrected chi connectivity index (χ4v) is 12.1. The van der Waals surface area contributed by atoms with Crippen LogP contribution < -0.4 is 4.90 Å². The monoisotopic (exact) mass is 853 g/mol. The summed E-state index contributed by atoms with van der Waals surface area (Å²) in [6.07, 6.45) is 0. The minimum absolute atomic E-state index is 0.154. The molecule has 0 bridgehead atoms. The molecule has 11 aromatic rings. The zero-order valence-corrected chi connectivity index (χ0v) is 37.6. The summed E-state index contributed by atoms with van der Waals surface area (Å²) < 4.78 is 0. The van der Waals surface area contributed by atoms with Crippen LogP contribution in [0, 0.1) is 0 Å². The Bertz CT molecular complexity index is 3660. The lowest BCUT2D eigenvalue weighted by Gasteiger charge is -2.35. The topological polar surface area (TPSA) is 3.24 Å². The van der Waals surface area contributed by atoms with Gasteiger partial charge in [-0.25, -0.2) is 0 Å². The van der Waals surface area contributed by atoms with Crippen molar-refractivity contribution in [3.05, 3.63) is 282 Å². The second-order valence-corrected chi connectivity index (χ2v) is 18.7. The van der Waals surface area contributed by atoms with Crippen LogP contribution in [0.2, 0.25) is 0 Å². The molecular formula is C66H47N. The molecule has 0 aliphatic heterocycles. The molecule has 2 aliphatic carbocycles. The first kappa shape index (κ1) is 39.1. The van der Waals surface area contributed by atoms with E-state index in [-0.39, 0.29) is 5.41 Å². The van der Waals surface area contributed by atoms with Crippen LogP contribution in [0.5, 0.6) is 0 Å². The van der Waals surface area contributed by atoms with E-state index in [1.165, 1.54) is 99.4 Å². The Morgan fingerprint density at radius 2 is 0.821 bits per heavy atom. The SMILES string of the molecule is CC1(C)c2ccccc2-c2cc(N(c3ccc(-c4cccc5cccc(-c6ccccc6)c45)cc3)c3cccc(C4(c5ccccc5)c5ccccc5-c5ccccc54)c3)c3ccccc3c21. The molecule has 11 aromatic carbocycles. The summed E-state index contributed by atoms with van der Waals surface area (Å²) in [4.78, 5) is 2.52. The highest BCUT2D eigenvalue weighted by molar-refractivity contribution is 6.09. The molecule has 13 rings (SSSR count). The maximum Gasteiger partial charge on any atom is 0.0714 e. The number of hydrogen-bond acceptors (Lipinski definition) is 1. The predicted octanol–water partition coefficient (Wildman–Crippen LogP) is 17.5. The molecule has 0 saturated heterocycles. The predicted molar refractivity (Wildman–Crippen MR) is 282 cm³/mol. The third kappa shape index (κ3) is 5.81. The van der Waals surface area contributed by atoms with Gasteiger partial charge in [0.15, 0.2) is 0 Å². The molecule has 0 amide bonds. The molecule has 0 spiro atoms. The largest absolute Gasteiger partial charge is 0.310 e. The molecule has 0 unspecified atom stereocenters. The molecular weight excluding hydrogens is 807 g/mol. The summed E-state index contributed by atoms with van der Waals surface area (Å²) in [5.41, 5.74) is 20.6. The third-order valence-corrected chi connectivity index (χ3v) is 14.9. The fraction of sp³-hybridized carbons (Fsp3) is 0.0606. The average molecular weight is 854 g/mol. The van der Waals surface area contributed by atoms with Crippen molar-refractivity contribution in [1.82, 2.24) is 0 Å². The number of hydrogen-bond donors (Lipinski definition) is 0. The lowest BCUT2D eigenvalue weighted by Crippen LogP contribution is -2.28. The van der Waals surface area contributed by atoms with Crippen molar-refractivity contribution in [2.24, 2.45) is 0 Å². The van der Waals surface area contributed by atoms with E-state index in [2.05, 4.69) is 267 Å². The molecule has 1 heteroatoms. The Balaban J connectivity index is 1.06. The summed E-state index contributed by atoms with van der Waals surface area (Å²) in [6, 6.07) is 92.6. The van der Waals surface area contributed by atoms with E-state index in [4.69, 9.17) is 0 Å². The van der Waals surface area contributed by atoms with Crippen molar-refractivity contribution >= 4 is 38.6 Å². The number of rotatable bonds is 7. The number of fused-ring (bicyclic) bond motifs is 9. The highest BCUT2D eigenvalue weighted by atomic mass is 15.1. The van der Waals surface area contributed by atoms with E-state index in [9.17, 15) is 0 Å². The van der Waals surface area contributed by atoms with Gasteiger partial charge >= 0.3 is 0 Å². The highest BCUT2D eigenvalue weighted by Crippen LogP contribution is 2.58. The van der Waals surface area contributed by atoms with Gasteiger partial charge in [0, 0.05) is 22.2 Å².